The summed E-state index contributed by atoms with van der Waals surface area (Å²) >= 11 is 5.91. The zero-order valence-corrected chi connectivity index (χ0v) is 11.9. The number of rotatable bonds is 4. The lowest BCUT2D eigenvalue weighted by atomic mass is 10.3. The number of hydrogen-bond donors (Lipinski definition) is 3. The van der Waals surface area contributed by atoms with Crippen molar-refractivity contribution in [2.75, 3.05) is 10.6 Å². The maximum absolute atomic E-state index is 11.6. The molecule has 2 amide bonds. The highest BCUT2D eigenvalue weighted by atomic mass is 35.5. The highest BCUT2D eigenvalue weighted by Gasteiger charge is 2.23. The van der Waals surface area contributed by atoms with Crippen LogP contribution < -0.4 is 16.0 Å². The summed E-state index contributed by atoms with van der Waals surface area (Å²) in [5, 5.41) is 17.1. The van der Waals surface area contributed by atoms with Gasteiger partial charge in [0.25, 0.3) is 0 Å². The van der Waals surface area contributed by atoms with Crippen LogP contribution in [0.1, 0.15) is 12.8 Å². The first-order valence-corrected chi connectivity index (χ1v) is 7.01. The van der Waals surface area contributed by atoms with E-state index < -0.39 is 0 Å². The minimum absolute atomic E-state index is 0.248. The van der Waals surface area contributed by atoms with Crippen LogP contribution >= 0.6 is 11.6 Å². The number of halogens is 1. The van der Waals surface area contributed by atoms with E-state index >= 15 is 0 Å². The summed E-state index contributed by atoms with van der Waals surface area (Å²) in [4.78, 5) is 11.6. The summed E-state index contributed by atoms with van der Waals surface area (Å²) in [5.74, 6) is 0.982. The highest BCUT2D eigenvalue weighted by Crippen LogP contribution is 2.20. The number of carbonyl (C=O) groups excluding carboxylic acids is 1. The number of benzene rings is 1. The number of aromatic nitrogens is 2. The predicted octanol–water partition coefficient (Wildman–Crippen LogP) is 3.16. The van der Waals surface area contributed by atoms with Gasteiger partial charge in [-0.25, -0.2) is 4.79 Å². The van der Waals surface area contributed by atoms with E-state index in [1.807, 2.05) is 12.1 Å². The van der Waals surface area contributed by atoms with Gasteiger partial charge in [-0.1, -0.05) is 17.7 Å². The van der Waals surface area contributed by atoms with E-state index in [1.165, 1.54) is 0 Å². The summed E-state index contributed by atoms with van der Waals surface area (Å²) in [5.41, 5.74) is 0.823. The quantitative estimate of drug-likeness (QED) is 0.810. The molecular formula is C14H14ClN5O. The Morgan fingerprint density at radius 3 is 2.57 bits per heavy atom. The van der Waals surface area contributed by atoms with Crippen LogP contribution in [0.25, 0.3) is 0 Å². The zero-order valence-electron chi connectivity index (χ0n) is 11.1. The van der Waals surface area contributed by atoms with Gasteiger partial charge in [-0.2, -0.15) is 0 Å². The third-order valence-electron chi connectivity index (χ3n) is 2.92. The van der Waals surface area contributed by atoms with Crippen LogP contribution in [-0.2, 0) is 0 Å². The van der Waals surface area contributed by atoms with Crippen LogP contribution in [0, 0.1) is 0 Å². The molecule has 3 rings (SSSR count). The van der Waals surface area contributed by atoms with Gasteiger partial charge in [0, 0.05) is 16.8 Å². The fraction of sp³-hybridized carbons (Fsp3) is 0.214. The lowest BCUT2D eigenvalue weighted by molar-refractivity contribution is 0.251. The number of carbonyl (C=O) groups is 1. The SMILES string of the molecule is O=C(Nc1ccc(Nc2cccc(Cl)c2)nn1)NC1CC1. The van der Waals surface area contributed by atoms with E-state index in [9.17, 15) is 4.79 Å². The molecule has 7 heteroatoms. The van der Waals surface area contributed by atoms with Gasteiger partial charge in [0.15, 0.2) is 11.6 Å². The molecular weight excluding hydrogens is 290 g/mol. The molecule has 0 radical (unpaired) electrons. The minimum atomic E-state index is -0.248. The van der Waals surface area contributed by atoms with Crippen molar-refractivity contribution in [2.24, 2.45) is 0 Å². The summed E-state index contributed by atoms with van der Waals surface area (Å²) in [6.45, 7) is 0. The molecule has 1 aromatic heterocycles. The Hall–Kier alpha value is -2.34. The van der Waals surface area contributed by atoms with Crippen molar-refractivity contribution in [1.82, 2.24) is 15.5 Å². The molecule has 1 aromatic carbocycles. The molecule has 21 heavy (non-hydrogen) atoms. The Kier molecular flexibility index (Phi) is 3.87. The Labute approximate surface area is 126 Å². The van der Waals surface area contributed by atoms with E-state index in [1.54, 1.807) is 24.3 Å². The van der Waals surface area contributed by atoms with Gasteiger partial charge in [0.2, 0.25) is 0 Å². The van der Waals surface area contributed by atoms with E-state index in [0.29, 0.717) is 22.7 Å². The summed E-state index contributed by atoms with van der Waals surface area (Å²) in [6, 6.07) is 10.8. The van der Waals surface area contributed by atoms with Gasteiger partial charge in [-0.15, -0.1) is 10.2 Å². The number of nitrogens with one attached hydrogen (secondary N) is 3. The van der Waals surface area contributed by atoms with Crippen LogP contribution in [0.2, 0.25) is 5.02 Å². The number of anilines is 3. The number of hydrogen-bond acceptors (Lipinski definition) is 4. The van der Waals surface area contributed by atoms with Crippen molar-refractivity contribution in [3.8, 4) is 0 Å². The average molecular weight is 304 g/mol. The first-order valence-electron chi connectivity index (χ1n) is 6.63. The second-order valence-corrected chi connectivity index (χ2v) is 5.25. The summed E-state index contributed by atoms with van der Waals surface area (Å²) < 4.78 is 0. The molecule has 3 N–H and O–H groups in total. The Morgan fingerprint density at radius 1 is 1.14 bits per heavy atom. The molecule has 0 saturated heterocycles. The zero-order chi connectivity index (χ0) is 14.7. The third kappa shape index (κ3) is 4.06. The molecule has 1 saturated carbocycles. The van der Waals surface area contributed by atoms with Crippen molar-refractivity contribution in [3.05, 3.63) is 41.4 Å². The van der Waals surface area contributed by atoms with E-state index in [4.69, 9.17) is 11.6 Å². The van der Waals surface area contributed by atoms with Crippen LogP contribution in [0.5, 0.6) is 0 Å². The smallest absolute Gasteiger partial charge is 0.320 e. The molecule has 2 aromatic rings. The van der Waals surface area contributed by atoms with Crippen LogP contribution in [0.4, 0.5) is 22.1 Å². The molecule has 0 atom stereocenters. The fourth-order valence-electron chi connectivity index (χ4n) is 1.75. The largest absolute Gasteiger partial charge is 0.339 e. The van der Waals surface area contributed by atoms with Gasteiger partial charge in [-0.05, 0) is 43.2 Å². The van der Waals surface area contributed by atoms with Gasteiger partial charge in [0.05, 0.1) is 0 Å². The first kappa shape index (κ1) is 13.6. The van der Waals surface area contributed by atoms with Crippen molar-refractivity contribution in [1.29, 1.82) is 0 Å². The molecule has 1 aliphatic carbocycles. The Balaban J connectivity index is 1.59. The Bertz CT molecular complexity index is 642. The molecule has 0 aliphatic heterocycles. The highest BCUT2D eigenvalue weighted by molar-refractivity contribution is 6.30. The lowest BCUT2D eigenvalue weighted by Gasteiger charge is -2.07. The third-order valence-corrected chi connectivity index (χ3v) is 3.15. The number of urea groups is 1. The van der Waals surface area contributed by atoms with Crippen LogP contribution in [-0.4, -0.2) is 22.3 Å². The lowest BCUT2D eigenvalue weighted by Crippen LogP contribution is -2.30. The van der Waals surface area contributed by atoms with E-state index in [2.05, 4.69) is 26.1 Å². The normalized spacial score (nSPS) is 13.6. The second kappa shape index (κ2) is 5.97. The molecule has 108 valence electrons. The van der Waals surface area contributed by atoms with Gasteiger partial charge >= 0.3 is 6.03 Å². The fourth-order valence-corrected chi connectivity index (χ4v) is 1.94. The standard InChI is InChI=1S/C14H14ClN5O/c15-9-2-1-3-11(8-9)16-12-6-7-13(20-19-12)18-14(21)17-10-4-5-10/h1-3,6-8,10H,4-5H2,(H,16,19)(H2,17,18,20,21). The topological polar surface area (TPSA) is 78.9 Å². The molecule has 1 fully saturated rings. The molecule has 0 bridgehead atoms. The first-order chi connectivity index (χ1) is 10.2. The van der Waals surface area contributed by atoms with Gasteiger partial charge < -0.3 is 10.6 Å². The van der Waals surface area contributed by atoms with Crippen molar-refractivity contribution >= 4 is 35.0 Å². The van der Waals surface area contributed by atoms with E-state index in [-0.39, 0.29) is 6.03 Å². The predicted molar refractivity (Wildman–Crippen MR) is 81.9 cm³/mol. The molecule has 0 unspecified atom stereocenters. The van der Waals surface area contributed by atoms with Gasteiger partial charge in [-0.3, -0.25) is 5.32 Å². The van der Waals surface area contributed by atoms with Crippen molar-refractivity contribution < 1.29 is 4.79 Å². The van der Waals surface area contributed by atoms with Crippen molar-refractivity contribution in [3.63, 3.8) is 0 Å². The summed E-state index contributed by atoms with van der Waals surface area (Å²) in [7, 11) is 0. The van der Waals surface area contributed by atoms with Crippen molar-refractivity contribution in [2.45, 2.75) is 18.9 Å². The number of nitrogens with zero attached hydrogens (tertiary/aromatic N) is 2. The van der Waals surface area contributed by atoms with E-state index in [0.717, 1.165) is 18.5 Å². The minimum Gasteiger partial charge on any atom is -0.339 e. The maximum Gasteiger partial charge on any atom is 0.320 e. The van der Waals surface area contributed by atoms with Gasteiger partial charge in [0.1, 0.15) is 0 Å². The maximum atomic E-state index is 11.6. The molecule has 0 spiro atoms. The molecule has 6 nitrogen and oxygen atoms in total. The van der Waals surface area contributed by atoms with Crippen LogP contribution in [0.15, 0.2) is 36.4 Å². The monoisotopic (exact) mass is 303 g/mol. The number of amides is 2. The summed E-state index contributed by atoms with van der Waals surface area (Å²) in [6.07, 6.45) is 2.09. The Morgan fingerprint density at radius 2 is 1.90 bits per heavy atom. The molecule has 1 aliphatic rings. The van der Waals surface area contributed by atoms with Crippen LogP contribution in [0.3, 0.4) is 0 Å². The molecule has 1 heterocycles. The second-order valence-electron chi connectivity index (χ2n) is 4.81. The average Bonchev–Trinajstić information content (AvgIpc) is 3.25.